The van der Waals surface area contributed by atoms with Gasteiger partial charge in [0.2, 0.25) is 11.8 Å². The molecule has 1 aliphatic rings. The first-order chi connectivity index (χ1) is 27.9. The summed E-state index contributed by atoms with van der Waals surface area (Å²) in [5.74, 6) is 3.73. The van der Waals surface area contributed by atoms with E-state index in [0.717, 1.165) is 96.1 Å². The van der Waals surface area contributed by atoms with Crippen molar-refractivity contribution in [3.8, 4) is 23.1 Å². The van der Waals surface area contributed by atoms with Crippen LogP contribution in [-0.4, -0.2) is 80.1 Å². The Labute approximate surface area is 330 Å². The van der Waals surface area contributed by atoms with Crippen molar-refractivity contribution >= 4 is 51.0 Å². The number of aromatic amines is 1. The van der Waals surface area contributed by atoms with Crippen molar-refractivity contribution in [1.82, 2.24) is 34.6 Å². The van der Waals surface area contributed by atoms with Gasteiger partial charge in [0, 0.05) is 60.3 Å². The zero-order chi connectivity index (χ0) is 39.1. The van der Waals surface area contributed by atoms with Gasteiger partial charge in [0.05, 0.1) is 41.3 Å². The van der Waals surface area contributed by atoms with E-state index in [-0.39, 0.29) is 5.92 Å². The molecular formula is C43H46N10O4. The lowest BCUT2D eigenvalue weighted by Gasteiger charge is -2.26. The van der Waals surface area contributed by atoms with Crippen molar-refractivity contribution < 1.29 is 19.0 Å². The summed E-state index contributed by atoms with van der Waals surface area (Å²) >= 11 is 0. The van der Waals surface area contributed by atoms with Crippen LogP contribution in [0.25, 0.3) is 27.5 Å². The summed E-state index contributed by atoms with van der Waals surface area (Å²) in [4.78, 5) is 32.8. The number of nitrogens with zero attached hydrogens (tertiary/aromatic N) is 6. The van der Waals surface area contributed by atoms with E-state index in [1.54, 1.807) is 16.9 Å². The number of amides is 2. The number of nitrogens with one attached hydrogen (secondary N) is 4. The van der Waals surface area contributed by atoms with Crippen LogP contribution in [-0.2, 0) is 4.74 Å². The van der Waals surface area contributed by atoms with Crippen molar-refractivity contribution in [1.29, 1.82) is 0 Å². The normalized spacial score (nSPS) is 13.7. The van der Waals surface area contributed by atoms with Gasteiger partial charge in [-0.3, -0.25) is 10.2 Å². The van der Waals surface area contributed by atoms with E-state index in [2.05, 4.69) is 54.6 Å². The highest BCUT2D eigenvalue weighted by Gasteiger charge is 2.18. The number of carbonyl (C=O) groups is 1. The fourth-order valence-corrected chi connectivity index (χ4v) is 6.96. The summed E-state index contributed by atoms with van der Waals surface area (Å²) in [7, 11) is 0. The van der Waals surface area contributed by atoms with Crippen LogP contribution in [0.1, 0.15) is 44.1 Å². The molecule has 0 saturated carbocycles. The minimum absolute atomic E-state index is 0.219. The molecule has 7 aromatic rings. The Morgan fingerprint density at radius 2 is 1.77 bits per heavy atom. The molecule has 4 aromatic carbocycles. The lowest BCUT2D eigenvalue weighted by Crippen LogP contribution is -2.38. The summed E-state index contributed by atoms with van der Waals surface area (Å²) in [6.45, 7) is 11.1. The molecule has 1 atom stereocenters. The molecule has 8 rings (SSSR count). The number of urea groups is 1. The lowest BCUT2D eigenvalue weighted by atomic mass is 10.0. The summed E-state index contributed by atoms with van der Waals surface area (Å²) in [6.07, 6.45) is 3.64. The van der Waals surface area contributed by atoms with Gasteiger partial charge in [-0.05, 0) is 67.9 Å². The number of H-pyrrole nitrogens is 1. The van der Waals surface area contributed by atoms with Gasteiger partial charge in [0.15, 0.2) is 0 Å². The molecule has 1 saturated heterocycles. The highest BCUT2D eigenvalue weighted by atomic mass is 16.5. The molecule has 0 spiro atoms. The van der Waals surface area contributed by atoms with Crippen LogP contribution >= 0.6 is 0 Å². The Morgan fingerprint density at radius 1 is 0.947 bits per heavy atom. The van der Waals surface area contributed by atoms with Crippen LogP contribution < -0.4 is 25.4 Å². The first-order valence-electron chi connectivity index (χ1n) is 19.4. The Bertz CT molecular complexity index is 2470. The van der Waals surface area contributed by atoms with Gasteiger partial charge < -0.3 is 29.8 Å². The van der Waals surface area contributed by atoms with E-state index in [9.17, 15) is 4.79 Å². The molecule has 1 unspecified atom stereocenters. The molecule has 3 aromatic heterocycles. The zero-order valence-corrected chi connectivity index (χ0v) is 32.3. The van der Waals surface area contributed by atoms with E-state index >= 15 is 0 Å². The number of rotatable bonds is 14. The van der Waals surface area contributed by atoms with E-state index in [1.807, 2.05) is 91.9 Å². The van der Waals surface area contributed by atoms with Crippen molar-refractivity contribution in [2.24, 2.45) is 0 Å². The highest BCUT2D eigenvalue weighted by Crippen LogP contribution is 2.35. The lowest BCUT2D eigenvalue weighted by molar-refractivity contribution is 0.0322. The van der Waals surface area contributed by atoms with Crippen LogP contribution in [0.3, 0.4) is 0 Å². The average Bonchev–Trinajstić information content (AvgIpc) is 3.82. The molecule has 14 nitrogen and oxygen atoms in total. The second kappa shape index (κ2) is 17.1. The maximum atomic E-state index is 13.7. The predicted octanol–water partition coefficient (Wildman–Crippen LogP) is 8.79. The molecule has 4 heterocycles. The number of aryl methyl sites for hydroxylation is 1. The number of anilines is 4. The molecule has 0 bridgehead atoms. The Balaban J connectivity index is 0.964. The van der Waals surface area contributed by atoms with E-state index in [1.165, 1.54) is 0 Å². The second-order valence-electron chi connectivity index (χ2n) is 14.1. The number of fused-ring (bicyclic) bond motifs is 2. The number of morpholine rings is 1. The molecule has 14 heteroatoms. The van der Waals surface area contributed by atoms with Crippen LogP contribution in [0, 0.1) is 6.92 Å². The SMILES string of the molecule is CCCC(C)c1cc(NC(=O)Nc2ccc(Oc3ccnc(Nc4ccc5[nH]c(C)nc5c4)n3)c3ccccc23)n(-c2ccc(OCCN3CCOCC3)cc2)n1. The third-order valence-corrected chi connectivity index (χ3v) is 9.89. The maximum absolute atomic E-state index is 13.7. The summed E-state index contributed by atoms with van der Waals surface area (Å²) in [6, 6.07) is 28.3. The third kappa shape index (κ3) is 8.98. The molecule has 1 aliphatic heterocycles. The number of aromatic nitrogens is 6. The smallest absolute Gasteiger partial charge is 0.324 e. The van der Waals surface area contributed by atoms with Gasteiger partial charge >= 0.3 is 6.03 Å². The summed E-state index contributed by atoms with van der Waals surface area (Å²) < 4.78 is 19.6. The number of carbonyl (C=O) groups excluding carboxylic acids is 1. The van der Waals surface area contributed by atoms with Crippen LogP contribution in [0.4, 0.5) is 27.9 Å². The van der Waals surface area contributed by atoms with Gasteiger partial charge in [0.25, 0.3) is 0 Å². The van der Waals surface area contributed by atoms with E-state index in [4.69, 9.17) is 19.3 Å². The number of ether oxygens (including phenoxy) is 3. The maximum Gasteiger partial charge on any atom is 0.324 e. The molecule has 292 valence electrons. The van der Waals surface area contributed by atoms with Crippen LogP contribution in [0.2, 0.25) is 0 Å². The second-order valence-corrected chi connectivity index (χ2v) is 14.1. The Morgan fingerprint density at radius 3 is 2.60 bits per heavy atom. The number of hydrogen-bond donors (Lipinski definition) is 4. The van der Waals surface area contributed by atoms with Crippen molar-refractivity contribution in [3.63, 3.8) is 0 Å². The van der Waals surface area contributed by atoms with Gasteiger partial charge in [-0.2, -0.15) is 10.1 Å². The van der Waals surface area contributed by atoms with Crippen LogP contribution in [0.15, 0.2) is 97.2 Å². The van der Waals surface area contributed by atoms with E-state index in [0.29, 0.717) is 35.7 Å². The quantitative estimate of drug-likeness (QED) is 0.0844. The minimum atomic E-state index is -0.401. The van der Waals surface area contributed by atoms with Gasteiger partial charge in [-0.1, -0.05) is 44.5 Å². The first-order valence-corrected chi connectivity index (χ1v) is 19.4. The Hall–Kier alpha value is -6.51. The van der Waals surface area contributed by atoms with Crippen LogP contribution in [0.5, 0.6) is 17.4 Å². The summed E-state index contributed by atoms with van der Waals surface area (Å²) in [5, 5.41) is 15.9. The molecular weight excluding hydrogens is 721 g/mol. The van der Waals surface area contributed by atoms with Crippen molar-refractivity contribution in [2.45, 2.75) is 39.5 Å². The molecule has 0 radical (unpaired) electrons. The van der Waals surface area contributed by atoms with Gasteiger partial charge in [-0.15, -0.1) is 0 Å². The van der Waals surface area contributed by atoms with Gasteiger partial charge in [0.1, 0.15) is 29.7 Å². The largest absolute Gasteiger partial charge is 0.492 e. The number of hydrogen-bond acceptors (Lipinski definition) is 10. The molecule has 0 aliphatic carbocycles. The van der Waals surface area contributed by atoms with Gasteiger partial charge in [-0.25, -0.2) is 19.4 Å². The third-order valence-electron chi connectivity index (χ3n) is 9.89. The zero-order valence-electron chi connectivity index (χ0n) is 32.3. The number of imidazole rings is 1. The number of benzene rings is 4. The summed E-state index contributed by atoms with van der Waals surface area (Å²) in [5.41, 5.74) is 4.94. The molecule has 57 heavy (non-hydrogen) atoms. The highest BCUT2D eigenvalue weighted by molar-refractivity contribution is 6.07. The van der Waals surface area contributed by atoms with Crippen molar-refractivity contribution in [2.75, 3.05) is 55.4 Å². The Kier molecular flexibility index (Phi) is 11.2. The monoisotopic (exact) mass is 766 g/mol. The van der Waals surface area contributed by atoms with E-state index < -0.39 is 6.03 Å². The fourth-order valence-electron chi connectivity index (χ4n) is 6.96. The fraction of sp³-hybridized carbons (Fsp3) is 0.279. The standard InChI is InChI=1S/C43H46N10O4/c1-4-7-28(2)37-27-40(53(51-37)31-11-13-32(14-12-31)56-25-22-52-20-23-55-24-21-52)49-43(54)48-35-16-17-39(34-9-6-5-8-33(34)35)57-41-18-19-44-42(50-41)47-30-10-15-36-38(26-30)46-29(3)45-36/h5-6,8-19,26-28H,4,7,20-25H2,1-3H3,(H,45,46)(H,44,47,50)(H2,48,49,54). The average molecular weight is 767 g/mol. The predicted molar refractivity (Wildman–Crippen MR) is 222 cm³/mol. The topological polar surface area (TPSA) is 156 Å². The first kappa shape index (κ1) is 37.4. The molecule has 4 N–H and O–H groups in total. The van der Waals surface area contributed by atoms with Crippen molar-refractivity contribution in [3.05, 3.63) is 109 Å². The molecule has 1 fully saturated rings. The minimum Gasteiger partial charge on any atom is -0.492 e. The molecule has 2 amide bonds.